The molecule has 2 aliphatic rings. The number of ether oxygens (including phenoxy) is 4. The molecule has 3 rings (SSSR count). The maximum absolute atomic E-state index is 13.0. The monoisotopic (exact) mass is 639 g/mol. The van der Waals surface area contributed by atoms with Gasteiger partial charge in [0.1, 0.15) is 24.0 Å². The molecule has 2 saturated heterocycles. The van der Waals surface area contributed by atoms with Gasteiger partial charge in [0.15, 0.2) is 15.9 Å². The smallest absolute Gasteiger partial charge is 0.410 e. The Morgan fingerprint density at radius 2 is 1.77 bits per heavy atom. The molecule has 12 nitrogen and oxygen atoms in total. The topological polar surface area (TPSA) is 155 Å². The molecule has 0 aromatic heterocycles. The minimum absolute atomic E-state index is 0.109. The lowest BCUT2D eigenvalue weighted by molar-refractivity contribution is -0.162. The normalized spacial score (nSPS) is 20.0. The first-order valence-corrected chi connectivity index (χ1v) is 17.1. The minimum Gasteiger partial charge on any atom is -0.490 e. The molecule has 0 aliphatic carbocycles. The van der Waals surface area contributed by atoms with Crippen molar-refractivity contribution >= 4 is 27.9 Å². The first-order valence-electron chi connectivity index (χ1n) is 15.4. The molecule has 44 heavy (non-hydrogen) atoms. The molecule has 2 N–H and O–H groups in total. The van der Waals surface area contributed by atoms with Gasteiger partial charge in [-0.15, -0.1) is 0 Å². The number of benzene rings is 1. The molecule has 1 aromatic carbocycles. The zero-order chi connectivity index (χ0) is 32.5. The Balaban J connectivity index is 1.56. The summed E-state index contributed by atoms with van der Waals surface area (Å²) < 4.78 is 47.6. The van der Waals surface area contributed by atoms with Crippen molar-refractivity contribution in [3.8, 4) is 5.75 Å². The van der Waals surface area contributed by atoms with Gasteiger partial charge in [0.05, 0.1) is 19.4 Å². The van der Waals surface area contributed by atoms with Crippen molar-refractivity contribution in [2.45, 2.75) is 95.3 Å². The fourth-order valence-corrected chi connectivity index (χ4v) is 7.12. The Morgan fingerprint density at radius 3 is 2.36 bits per heavy atom. The van der Waals surface area contributed by atoms with Crippen molar-refractivity contribution in [1.82, 2.24) is 9.80 Å². The van der Waals surface area contributed by atoms with Gasteiger partial charge in [-0.1, -0.05) is 31.9 Å². The second-order valence-electron chi connectivity index (χ2n) is 12.6. The van der Waals surface area contributed by atoms with E-state index in [1.54, 1.807) is 29.2 Å². The van der Waals surface area contributed by atoms with Crippen molar-refractivity contribution in [3.63, 3.8) is 0 Å². The zero-order valence-electron chi connectivity index (χ0n) is 26.7. The Bertz CT molecular complexity index is 1230. The number of likely N-dealkylation sites (tertiary alicyclic amines) is 1. The molecule has 13 heteroatoms. The Labute approximate surface area is 261 Å². The van der Waals surface area contributed by atoms with E-state index in [2.05, 4.69) is 4.90 Å². The Morgan fingerprint density at radius 1 is 1.11 bits per heavy atom. The molecule has 1 aromatic rings. The number of carbonyl (C=O) groups excluding carboxylic acids is 3. The standard InChI is InChI=1S/C31H49N3O9S/c1-6-7-19-44(38,39)31(32,28(36)40-5)20-23-11-13-24(14-12-23)41-22-25-21-34(29(37)42-25)18-15-26(27(35)43-30(2,3)4)33-16-9-8-10-17-33/h11-14,25-26H,6-10,15-22,32H2,1-5H3. The SMILES string of the molecule is CCCCS(=O)(=O)C(N)(Cc1ccc(OCC2CN(CCC(C(=O)OC(C)(C)C)N3CCCCC3)C(=O)O2)cc1)C(=O)OC. The molecule has 1 amide bonds. The van der Waals surface area contributed by atoms with Crippen molar-refractivity contribution < 1.29 is 41.7 Å². The van der Waals surface area contributed by atoms with E-state index in [4.69, 9.17) is 24.7 Å². The van der Waals surface area contributed by atoms with Crippen LogP contribution in [0, 0.1) is 0 Å². The fraction of sp³-hybridized carbons (Fsp3) is 0.710. The summed E-state index contributed by atoms with van der Waals surface area (Å²) in [5.41, 5.74) is 6.09. The molecule has 3 atom stereocenters. The number of rotatable bonds is 15. The van der Waals surface area contributed by atoms with Crippen LogP contribution in [0.25, 0.3) is 0 Å². The van der Waals surface area contributed by atoms with Gasteiger partial charge in [0, 0.05) is 13.0 Å². The Hall–Kier alpha value is -2.90. The molecular formula is C31H49N3O9S. The molecule has 0 spiro atoms. The number of nitrogens with zero attached hydrogens (tertiary/aromatic N) is 2. The van der Waals surface area contributed by atoms with E-state index in [0.29, 0.717) is 43.7 Å². The molecule has 2 fully saturated rings. The van der Waals surface area contributed by atoms with Crippen LogP contribution in [0.2, 0.25) is 0 Å². The quantitative estimate of drug-likeness (QED) is 0.222. The maximum atomic E-state index is 13.0. The van der Waals surface area contributed by atoms with Gasteiger partial charge in [-0.3, -0.25) is 9.69 Å². The third kappa shape index (κ3) is 9.55. The number of hydrogen-bond donors (Lipinski definition) is 1. The number of amides is 1. The van der Waals surface area contributed by atoms with Crippen molar-refractivity contribution in [2.24, 2.45) is 5.73 Å². The molecule has 2 heterocycles. The average molecular weight is 640 g/mol. The van der Waals surface area contributed by atoms with Crippen LogP contribution in [0.3, 0.4) is 0 Å². The summed E-state index contributed by atoms with van der Waals surface area (Å²) >= 11 is 0. The van der Waals surface area contributed by atoms with Crippen LogP contribution >= 0.6 is 0 Å². The molecule has 0 bridgehead atoms. The van der Waals surface area contributed by atoms with E-state index < -0.39 is 44.5 Å². The predicted octanol–water partition coefficient (Wildman–Crippen LogP) is 3.06. The number of sulfone groups is 1. The molecule has 3 unspecified atom stereocenters. The van der Waals surface area contributed by atoms with Crippen LogP contribution in [0.5, 0.6) is 5.75 Å². The van der Waals surface area contributed by atoms with Gasteiger partial charge in [-0.25, -0.2) is 18.0 Å². The zero-order valence-corrected chi connectivity index (χ0v) is 27.5. The molecule has 0 saturated carbocycles. The lowest BCUT2D eigenvalue weighted by Crippen LogP contribution is -2.57. The van der Waals surface area contributed by atoms with E-state index in [1.165, 1.54) is 0 Å². The van der Waals surface area contributed by atoms with Crippen LogP contribution in [0.4, 0.5) is 4.79 Å². The van der Waals surface area contributed by atoms with Gasteiger partial charge in [-0.05, 0) is 77.2 Å². The number of carbonyl (C=O) groups is 3. The second-order valence-corrected chi connectivity index (χ2v) is 14.9. The summed E-state index contributed by atoms with van der Waals surface area (Å²) in [4.78, 5) is 39.6. The predicted molar refractivity (Wildman–Crippen MR) is 165 cm³/mol. The average Bonchev–Trinajstić information content (AvgIpc) is 3.33. The molecule has 248 valence electrons. The summed E-state index contributed by atoms with van der Waals surface area (Å²) in [7, 11) is -2.86. The number of unbranched alkanes of at least 4 members (excludes halogenated alkanes) is 1. The van der Waals surface area contributed by atoms with Crippen LogP contribution in [0.15, 0.2) is 24.3 Å². The first-order chi connectivity index (χ1) is 20.7. The minimum atomic E-state index is -3.97. The summed E-state index contributed by atoms with van der Waals surface area (Å²) in [6.07, 6.45) is 3.47. The van der Waals surface area contributed by atoms with Gasteiger partial charge in [0.2, 0.25) is 4.87 Å². The highest BCUT2D eigenvalue weighted by atomic mass is 32.2. The van der Waals surface area contributed by atoms with Gasteiger partial charge in [-0.2, -0.15) is 0 Å². The number of nitrogens with two attached hydrogens (primary N) is 1. The van der Waals surface area contributed by atoms with Gasteiger partial charge < -0.3 is 29.6 Å². The van der Waals surface area contributed by atoms with E-state index in [-0.39, 0.29) is 24.7 Å². The first kappa shape index (κ1) is 35.6. The highest BCUT2D eigenvalue weighted by Gasteiger charge is 2.48. The molecule has 0 radical (unpaired) electrons. The lowest BCUT2D eigenvalue weighted by Gasteiger charge is -2.35. The summed E-state index contributed by atoms with van der Waals surface area (Å²) in [6.45, 7) is 9.84. The van der Waals surface area contributed by atoms with Crippen LogP contribution in [-0.2, 0) is 40.1 Å². The van der Waals surface area contributed by atoms with Gasteiger partial charge in [0.25, 0.3) is 0 Å². The lowest BCUT2D eigenvalue weighted by atomic mass is 10.1. The number of piperidine rings is 1. The summed E-state index contributed by atoms with van der Waals surface area (Å²) in [5, 5.41) is 0. The summed E-state index contributed by atoms with van der Waals surface area (Å²) in [5.74, 6) is -1.01. The second kappa shape index (κ2) is 15.4. The molecular weight excluding hydrogens is 590 g/mol. The van der Waals surface area contributed by atoms with E-state index >= 15 is 0 Å². The van der Waals surface area contributed by atoms with E-state index in [1.807, 2.05) is 27.7 Å². The van der Waals surface area contributed by atoms with Crippen molar-refractivity contribution in [1.29, 1.82) is 0 Å². The molecule has 2 aliphatic heterocycles. The third-order valence-electron chi connectivity index (χ3n) is 7.81. The van der Waals surface area contributed by atoms with Crippen LogP contribution < -0.4 is 10.5 Å². The highest BCUT2D eigenvalue weighted by Crippen LogP contribution is 2.25. The highest BCUT2D eigenvalue weighted by molar-refractivity contribution is 7.93. The van der Waals surface area contributed by atoms with E-state index in [9.17, 15) is 22.8 Å². The van der Waals surface area contributed by atoms with Crippen LogP contribution in [-0.4, -0.2) is 105 Å². The largest absolute Gasteiger partial charge is 0.490 e. The number of hydrogen-bond acceptors (Lipinski definition) is 11. The fourth-order valence-electron chi connectivity index (χ4n) is 5.37. The van der Waals surface area contributed by atoms with Crippen molar-refractivity contribution in [3.05, 3.63) is 29.8 Å². The maximum Gasteiger partial charge on any atom is 0.410 e. The third-order valence-corrected chi connectivity index (χ3v) is 10.1. The van der Waals surface area contributed by atoms with Gasteiger partial charge >= 0.3 is 18.0 Å². The van der Waals surface area contributed by atoms with Crippen LogP contribution in [0.1, 0.15) is 71.8 Å². The van der Waals surface area contributed by atoms with Crippen molar-refractivity contribution in [2.75, 3.05) is 45.6 Å². The number of esters is 2. The van der Waals surface area contributed by atoms with E-state index in [0.717, 1.165) is 39.5 Å². The Kier molecular flexibility index (Phi) is 12.4. The number of cyclic esters (lactones) is 1. The number of methoxy groups -OCH3 is 1. The summed E-state index contributed by atoms with van der Waals surface area (Å²) in [6, 6.07) is 6.14.